The Morgan fingerprint density at radius 1 is 1.20 bits per heavy atom. The molecule has 3 heterocycles. The third-order valence-electron chi connectivity index (χ3n) is 3.53. The van der Waals surface area contributed by atoms with Crippen molar-refractivity contribution in [1.82, 2.24) is 19.5 Å². The zero-order valence-corrected chi connectivity index (χ0v) is 13.6. The Labute approximate surface area is 143 Å². The van der Waals surface area contributed by atoms with Gasteiger partial charge in [-0.2, -0.15) is 4.39 Å². The van der Waals surface area contributed by atoms with E-state index in [1.807, 2.05) is 19.1 Å². The highest BCUT2D eigenvalue weighted by Crippen LogP contribution is 2.17. The molecule has 3 aromatic heterocycles. The lowest BCUT2D eigenvalue weighted by Gasteiger charge is -2.07. The van der Waals surface area contributed by atoms with Crippen LogP contribution in [0.4, 0.5) is 4.39 Å². The fourth-order valence-electron chi connectivity index (χ4n) is 2.31. The minimum atomic E-state index is -0.674. The molecular weight excluding hydrogens is 321 g/mol. The van der Waals surface area contributed by atoms with Gasteiger partial charge in [-0.1, -0.05) is 5.92 Å². The van der Waals surface area contributed by atoms with Crippen LogP contribution in [0.15, 0.2) is 36.7 Å². The molecule has 0 aliphatic heterocycles. The lowest BCUT2D eigenvalue weighted by molar-refractivity contribution is 0.0988. The van der Waals surface area contributed by atoms with Crippen molar-refractivity contribution in [3.8, 4) is 17.5 Å². The molecule has 0 aliphatic rings. The molecule has 0 atom stereocenters. The maximum absolute atomic E-state index is 13.1. The van der Waals surface area contributed by atoms with Crippen molar-refractivity contribution >= 4 is 5.91 Å². The smallest absolute Gasteiger partial charge is 0.285 e. The van der Waals surface area contributed by atoms with E-state index in [9.17, 15) is 9.18 Å². The molecule has 0 spiro atoms. The molecule has 25 heavy (non-hydrogen) atoms. The van der Waals surface area contributed by atoms with E-state index in [-0.39, 0.29) is 5.82 Å². The summed E-state index contributed by atoms with van der Waals surface area (Å²) in [5, 5.41) is 0. The molecule has 1 amide bonds. The SMILES string of the molecule is Cc1ccc(-n2c(C(N)=O)nc(C#Cc3ccnc(F)c3)c2C)cn1. The highest BCUT2D eigenvalue weighted by atomic mass is 19.1. The van der Waals surface area contributed by atoms with Crippen LogP contribution in [0.3, 0.4) is 0 Å². The standard InChI is InChI=1S/C18H14FN5O/c1-11-3-5-14(10-22-11)24-12(2)15(23-18(24)17(20)25)6-4-13-7-8-21-16(19)9-13/h3,5,7-10H,1-2H3,(H2,20,25). The van der Waals surface area contributed by atoms with Crippen LogP contribution in [0.2, 0.25) is 0 Å². The molecule has 3 rings (SSSR count). The van der Waals surface area contributed by atoms with E-state index in [1.54, 1.807) is 23.8 Å². The van der Waals surface area contributed by atoms with Gasteiger partial charge in [0.25, 0.3) is 5.91 Å². The molecule has 7 heteroatoms. The molecular formula is C18H14FN5O. The number of aryl methyl sites for hydroxylation is 1. The van der Waals surface area contributed by atoms with Crippen molar-refractivity contribution in [3.05, 3.63) is 71.1 Å². The fraction of sp³-hybridized carbons (Fsp3) is 0.111. The zero-order valence-electron chi connectivity index (χ0n) is 13.6. The molecule has 3 aromatic rings. The normalized spacial score (nSPS) is 10.2. The second kappa shape index (κ2) is 6.53. The van der Waals surface area contributed by atoms with Crippen LogP contribution in [-0.2, 0) is 0 Å². The van der Waals surface area contributed by atoms with Crippen LogP contribution in [0.25, 0.3) is 5.69 Å². The molecule has 0 saturated heterocycles. The van der Waals surface area contributed by atoms with Gasteiger partial charge < -0.3 is 5.73 Å². The summed E-state index contributed by atoms with van der Waals surface area (Å²) in [6, 6.07) is 6.45. The van der Waals surface area contributed by atoms with Gasteiger partial charge >= 0.3 is 0 Å². The lowest BCUT2D eigenvalue weighted by Crippen LogP contribution is -2.18. The fourth-order valence-corrected chi connectivity index (χ4v) is 2.31. The first kappa shape index (κ1) is 16.3. The number of primary amides is 1. The summed E-state index contributed by atoms with van der Waals surface area (Å²) in [5.74, 6) is 4.43. The number of aromatic nitrogens is 4. The number of halogens is 1. The third-order valence-corrected chi connectivity index (χ3v) is 3.53. The molecule has 0 aromatic carbocycles. The zero-order chi connectivity index (χ0) is 18.0. The number of pyridine rings is 2. The van der Waals surface area contributed by atoms with Gasteiger partial charge in [-0.3, -0.25) is 14.3 Å². The van der Waals surface area contributed by atoms with Gasteiger partial charge in [-0.05, 0) is 38.0 Å². The molecule has 0 saturated carbocycles. The van der Waals surface area contributed by atoms with Crippen LogP contribution < -0.4 is 5.73 Å². The quantitative estimate of drug-likeness (QED) is 0.572. The van der Waals surface area contributed by atoms with Gasteiger partial charge in [0.15, 0.2) is 0 Å². The van der Waals surface area contributed by atoms with Crippen LogP contribution in [0.5, 0.6) is 0 Å². The Morgan fingerprint density at radius 2 is 2.00 bits per heavy atom. The van der Waals surface area contributed by atoms with E-state index in [1.165, 1.54) is 12.3 Å². The van der Waals surface area contributed by atoms with Gasteiger partial charge in [-0.25, -0.2) is 9.97 Å². The Kier molecular flexibility index (Phi) is 4.27. The minimum Gasteiger partial charge on any atom is -0.363 e. The topological polar surface area (TPSA) is 86.7 Å². The molecule has 0 fully saturated rings. The summed E-state index contributed by atoms with van der Waals surface area (Å²) < 4.78 is 14.7. The Bertz CT molecular complexity index is 1010. The molecule has 0 unspecified atom stereocenters. The summed E-state index contributed by atoms with van der Waals surface area (Å²) >= 11 is 0. The van der Waals surface area contributed by atoms with Crippen molar-refractivity contribution in [2.45, 2.75) is 13.8 Å². The summed E-state index contributed by atoms with van der Waals surface area (Å²) in [7, 11) is 0. The first-order chi connectivity index (χ1) is 12.0. The van der Waals surface area contributed by atoms with E-state index < -0.39 is 11.9 Å². The van der Waals surface area contributed by atoms with Crippen molar-refractivity contribution in [1.29, 1.82) is 0 Å². The molecule has 0 aliphatic carbocycles. The van der Waals surface area contributed by atoms with Crippen LogP contribution in [0.1, 0.15) is 33.3 Å². The third kappa shape index (κ3) is 3.38. The molecule has 0 radical (unpaired) electrons. The second-order valence-corrected chi connectivity index (χ2v) is 5.34. The number of amides is 1. The Hall–Kier alpha value is -3.53. The Balaban J connectivity index is 2.10. The maximum Gasteiger partial charge on any atom is 0.285 e. The number of hydrogen-bond acceptors (Lipinski definition) is 4. The number of carbonyl (C=O) groups is 1. The summed E-state index contributed by atoms with van der Waals surface area (Å²) in [4.78, 5) is 23.7. The lowest BCUT2D eigenvalue weighted by atomic mass is 10.2. The monoisotopic (exact) mass is 335 g/mol. The highest BCUT2D eigenvalue weighted by Gasteiger charge is 2.18. The van der Waals surface area contributed by atoms with E-state index in [4.69, 9.17) is 5.73 Å². The molecule has 124 valence electrons. The summed E-state index contributed by atoms with van der Waals surface area (Å²) in [5.41, 5.74) is 8.43. The first-order valence-electron chi connectivity index (χ1n) is 7.41. The number of nitrogens with zero attached hydrogens (tertiary/aromatic N) is 4. The summed E-state index contributed by atoms with van der Waals surface area (Å²) in [6.45, 7) is 3.64. The van der Waals surface area contributed by atoms with E-state index in [0.29, 0.717) is 22.6 Å². The van der Waals surface area contributed by atoms with Crippen LogP contribution >= 0.6 is 0 Å². The maximum atomic E-state index is 13.1. The Morgan fingerprint density at radius 3 is 2.64 bits per heavy atom. The number of carbonyl (C=O) groups excluding carboxylic acids is 1. The second-order valence-electron chi connectivity index (χ2n) is 5.34. The van der Waals surface area contributed by atoms with Crippen molar-refractivity contribution in [2.75, 3.05) is 0 Å². The number of nitrogens with two attached hydrogens (primary N) is 1. The predicted molar refractivity (Wildman–Crippen MR) is 89.5 cm³/mol. The van der Waals surface area contributed by atoms with E-state index in [0.717, 1.165) is 5.69 Å². The predicted octanol–water partition coefficient (Wildman–Crippen LogP) is 1.92. The molecule has 6 nitrogen and oxygen atoms in total. The van der Waals surface area contributed by atoms with Crippen LogP contribution in [0, 0.1) is 31.6 Å². The number of hydrogen-bond donors (Lipinski definition) is 1. The van der Waals surface area contributed by atoms with Gasteiger partial charge in [0.1, 0.15) is 5.69 Å². The van der Waals surface area contributed by atoms with Gasteiger partial charge in [0, 0.05) is 23.5 Å². The number of rotatable bonds is 2. The van der Waals surface area contributed by atoms with Crippen molar-refractivity contribution < 1.29 is 9.18 Å². The van der Waals surface area contributed by atoms with Crippen LogP contribution in [-0.4, -0.2) is 25.4 Å². The first-order valence-corrected chi connectivity index (χ1v) is 7.41. The van der Waals surface area contributed by atoms with E-state index >= 15 is 0 Å². The van der Waals surface area contributed by atoms with Gasteiger partial charge in [-0.15, -0.1) is 0 Å². The summed E-state index contributed by atoms with van der Waals surface area (Å²) in [6.07, 6.45) is 2.96. The van der Waals surface area contributed by atoms with Crippen molar-refractivity contribution in [3.63, 3.8) is 0 Å². The van der Waals surface area contributed by atoms with E-state index in [2.05, 4.69) is 26.8 Å². The van der Waals surface area contributed by atoms with Gasteiger partial charge in [0.2, 0.25) is 11.8 Å². The number of imidazole rings is 1. The van der Waals surface area contributed by atoms with Crippen molar-refractivity contribution in [2.24, 2.45) is 5.73 Å². The minimum absolute atomic E-state index is 0.0633. The van der Waals surface area contributed by atoms with Gasteiger partial charge in [0.05, 0.1) is 17.6 Å². The largest absolute Gasteiger partial charge is 0.363 e. The molecule has 2 N–H and O–H groups in total. The highest BCUT2D eigenvalue weighted by molar-refractivity contribution is 5.90. The average molecular weight is 335 g/mol. The average Bonchev–Trinajstić information content (AvgIpc) is 2.91. The molecule has 0 bridgehead atoms.